The normalized spacial score (nSPS) is 10.8. The van der Waals surface area contributed by atoms with Crippen molar-refractivity contribution in [2.75, 3.05) is 0 Å². The lowest BCUT2D eigenvalue weighted by atomic mass is 10.2. The van der Waals surface area contributed by atoms with Gasteiger partial charge in [0.05, 0.1) is 10.5 Å². The van der Waals surface area contributed by atoms with Gasteiger partial charge in [-0.3, -0.25) is 0 Å². The topological polar surface area (TPSA) is 70.5 Å². The van der Waals surface area contributed by atoms with E-state index >= 15 is 0 Å². The zero-order valence-electron chi connectivity index (χ0n) is 10.3. The Bertz CT molecular complexity index is 729. The molecule has 0 radical (unpaired) electrons. The van der Waals surface area contributed by atoms with Crippen LogP contribution >= 0.6 is 0 Å². The second-order valence-corrected chi connectivity index (χ2v) is 5.95. The van der Waals surface area contributed by atoms with Crippen molar-refractivity contribution < 1.29 is 13.2 Å². The van der Waals surface area contributed by atoms with Crippen molar-refractivity contribution in [1.29, 1.82) is 0 Å². The Balaban J connectivity index is 2.56. The van der Waals surface area contributed by atoms with Gasteiger partial charge < -0.3 is 5.53 Å². The van der Waals surface area contributed by atoms with Crippen LogP contribution in [0.25, 0.3) is 5.53 Å². The summed E-state index contributed by atoms with van der Waals surface area (Å²) in [5, 5.41) is -0.350. The average Bonchev–Trinajstić information content (AvgIpc) is 2.41. The summed E-state index contributed by atoms with van der Waals surface area (Å²) in [6.07, 6.45) is 0. The molecule has 0 saturated heterocycles. The summed E-state index contributed by atoms with van der Waals surface area (Å²) >= 11 is 0. The Kier molecular flexibility index (Phi) is 3.60. The number of hydrogen-bond donors (Lipinski definition) is 0. The minimum absolute atomic E-state index is 0.106. The molecule has 5 heteroatoms. The van der Waals surface area contributed by atoms with Gasteiger partial charge in [-0.25, -0.2) is 8.42 Å². The van der Waals surface area contributed by atoms with Crippen LogP contribution < -0.4 is 0 Å². The number of benzene rings is 2. The van der Waals surface area contributed by atoms with Crippen LogP contribution in [0.15, 0.2) is 59.5 Å². The fourth-order valence-corrected chi connectivity index (χ4v) is 2.95. The van der Waals surface area contributed by atoms with Crippen molar-refractivity contribution in [3.05, 3.63) is 71.3 Å². The van der Waals surface area contributed by atoms with Gasteiger partial charge in [-0.15, -0.1) is 0 Å². The van der Waals surface area contributed by atoms with E-state index < -0.39 is 9.84 Å². The smallest absolute Gasteiger partial charge is 0.360 e. The van der Waals surface area contributed by atoms with Crippen molar-refractivity contribution in [2.24, 2.45) is 0 Å². The molecule has 0 spiro atoms. The first-order valence-corrected chi connectivity index (χ1v) is 7.13. The Labute approximate surface area is 111 Å². The molecule has 19 heavy (non-hydrogen) atoms. The van der Waals surface area contributed by atoms with E-state index in [9.17, 15) is 8.42 Å². The number of hydrogen-bond acceptors (Lipinski definition) is 2. The summed E-state index contributed by atoms with van der Waals surface area (Å²) in [7, 11) is -3.82. The summed E-state index contributed by atoms with van der Waals surface area (Å²) in [5.74, 6) is 0. The third-order valence-electron chi connectivity index (χ3n) is 2.70. The zero-order chi connectivity index (χ0) is 13.9. The molecule has 0 aliphatic rings. The fourth-order valence-electron chi connectivity index (χ4n) is 1.68. The van der Waals surface area contributed by atoms with E-state index in [2.05, 4.69) is 4.79 Å². The summed E-state index contributed by atoms with van der Waals surface area (Å²) < 4.78 is 24.8. The highest BCUT2D eigenvalue weighted by Crippen LogP contribution is 2.16. The van der Waals surface area contributed by atoms with Gasteiger partial charge in [0, 0.05) is 0 Å². The molecular formula is C14H12N2O2S. The van der Waals surface area contributed by atoms with Crippen LogP contribution in [0.4, 0.5) is 0 Å². The van der Waals surface area contributed by atoms with Crippen molar-refractivity contribution in [3.63, 3.8) is 0 Å². The second-order valence-electron chi connectivity index (χ2n) is 4.09. The lowest BCUT2D eigenvalue weighted by Gasteiger charge is -2.01. The van der Waals surface area contributed by atoms with Crippen LogP contribution in [0.1, 0.15) is 11.1 Å². The van der Waals surface area contributed by atoms with Crippen molar-refractivity contribution in [2.45, 2.75) is 11.8 Å². The van der Waals surface area contributed by atoms with Crippen LogP contribution in [0.5, 0.6) is 0 Å². The fraction of sp³-hybridized carbons (Fsp3) is 0.0714. The highest BCUT2D eigenvalue weighted by Gasteiger charge is 2.31. The minimum Gasteiger partial charge on any atom is -0.360 e. The van der Waals surface area contributed by atoms with Crippen LogP contribution in [0, 0.1) is 6.92 Å². The highest BCUT2D eigenvalue weighted by molar-refractivity contribution is 8.06. The second kappa shape index (κ2) is 5.18. The zero-order valence-corrected chi connectivity index (χ0v) is 11.1. The number of rotatable bonds is 2. The number of sulfone groups is 1. The molecule has 96 valence electrons. The van der Waals surface area contributed by atoms with E-state index in [0.29, 0.717) is 5.56 Å². The summed E-state index contributed by atoms with van der Waals surface area (Å²) in [6.45, 7) is 1.87. The van der Waals surface area contributed by atoms with Crippen molar-refractivity contribution in [1.82, 2.24) is 0 Å². The van der Waals surface area contributed by atoms with E-state index in [0.717, 1.165) is 5.56 Å². The molecule has 2 aromatic rings. The van der Waals surface area contributed by atoms with Gasteiger partial charge in [0.25, 0.3) is 9.84 Å². The maximum atomic E-state index is 12.4. The predicted octanol–water partition coefficient (Wildman–Crippen LogP) is 2.45. The molecule has 0 bridgehead atoms. The van der Waals surface area contributed by atoms with E-state index in [1.54, 1.807) is 42.5 Å². The van der Waals surface area contributed by atoms with Gasteiger partial charge in [-0.2, -0.15) is 4.79 Å². The third kappa shape index (κ3) is 2.62. The summed E-state index contributed by atoms with van der Waals surface area (Å²) in [5.41, 5.74) is 10.4. The minimum atomic E-state index is -3.82. The van der Waals surface area contributed by atoms with Gasteiger partial charge in [-0.1, -0.05) is 35.9 Å². The summed E-state index contributed by atoms with van der Waals surface area (Å²) in [4.78, 5) is 3.06. The Morgan fingerprint density at radius 3 is 2.11 bits per heavy atom. The molecule has 2 aromatic carbocycles. The number of nitrogens with zero attached hydrogens (tertiary/aromatic N) is 2. The first-order chi connectivity index (χ1) is 9.05. The van der Waals surface area contributed by atoms with Gasteiger partial charge in [0.2, 0.25) is 0 Å². The van der Waals surface area contributed by atoms with Crippen LogP contribution in [-0.2, 0) is 9.84 Å². The first-order valence-electron chi connectivity index (χ1n) is 5.65. The van der Waals surface area contributed by atoms with Gasteiger partial charge in [-0.05, 0) is 31.2 Å². The van der Waals surface area contributed by atoms with Crippen LogP contribution in [0.2, 0.25) is 0 Å². The molecule has 0 aromatic heterocycles. The lowest BCUT2D eigenvalue weighted by molar-refractivity contribution is 0.000604. The maximum absolute atomic E-state index is 12.4. The van der Waals surface area contributed by atoms with Gasteiger partial charge >= 0.3 is 5.04 Å². The highest BCUT2D eigenvalue weighted by atomic mass is 32.2. The molecule has 0 unspecified atom stereocenters. The van der Waals surface area contributed by atoms with Gasteiger partial charge in [0.1, 0.15) is 0 Å². The molecule has 0 N–H and O–H groups in total. The Morgan fingerprint density at radius 2 is 1.58 bits per heavy atom. The maximum Gasteiger partial charge on any atom is 0.416 e. The molecule has 0 aliphatic carbocycles. The lowest BCUT2D eigenvalue weighted by Crippen LogP contribution is -2.17. The van der Waals surface area contributed by atoms with E-state index in [-0.39, 0.29) is 9.94 Å². The van der Waals surface area contributed by atoms with Gasteiger partial charge in [0.15, 0.2) is 0 Å². The summed E-state index contributed by atoms with van der Waals surface area (Å²) in [6, 6.07) is 14.7. The molecule has 2 rings (SSSR count). The van der Waals surface area contributed by atoms with Crippen molar-refractivity contribution in [3.8, 4) is 0 Å². The predicted molar refractivity (Wildman–Crippen MR) is 72.5 cm³/mol. The molecular weight excluding hydrogens is 260 g/mol. The number of aryl methyl sites for hydroxylation is 1. The van der Waals surface area contributed by atoms with Crippen LogP contribution in [-0.4, -0.2) is 18.3 Å². The molecule has 0 amide bonds. The van der Waals surface area contributed by atoms with E-state index in [4.69, 9.17) is 5.53 Å². The average molecular weight is 272 g/mol. The van der Waals surface area contributed by atoms with E-state index in [1.165, 1.54) is 12.1 Å². The van der Waals surface area contributed by atoms with Crippen LogP contribution in [0.3, 0.4) is 0 Å². The quantitative estimate of drug-likeness (QED) is 0.364. The molecule has 0 saturated carbocycles. The third-order valence-corrected chi connectivity index (χ3v) is 4.42. The Morgan fingerprint density at radius 1 is 1.00 bits per heavy atom. The van der Waals surface area contributed by atoms with E-state index in [1.807, 2.05) is 6.92 Å². The molecule has 0 heterocycles. The first kappa shape index (κ1) is 13.2. The standard InChI is InChI=1S/C14H12N2O2S/c1-11-7-9-13(10-8-11)19(17,18)14(16-15)12-5-3-2-4-6-12/h2-10H,1H3. The monoisotopic (exact) mass is 272 g/mol. The molecule has 4 nitrogen and oxygen atoms in total. The molecule has 0 aliphatic heterocycles. The Hall–Kier alpha value is -2.23. The molecule has 0 atom stereocenters. The SMILES string of the molecule is Cc1ccc(S(=O)(=O)C(=[N+]=[N-])c2ccccc2)cc1. The molecule has 0 fully saturated rings. The van der Waals surface area contributed by atoms with Crippen molar-refractivity contribution >= 4 is 14.9 Å². The largest absolute Gasteiger partial charge is 0.416 e.